The number of nitrogens with one attached hydrogen (secondary N) is 2. The highest BCUT2D eigenvalue weighted by Gasteiger charge is 2.28. The monoisotopic (exact) mass is 320 g/mol. The maximum atomic E-state index is 5.46. The molecule has 2 aliphatic heterocycles. The summed E-state index contributed by atoms with van der Waals surface area (Å²) in [5, 5.41) is 7.11. The van der Waals surface area contributed by atoms with Crippen molar-refractivity contribution < 1.29 is 4.74 Å². The predicted molar refractivity (Wildman–Crippen MR) is 83.5 cm³/mol. The molecule has 0 aromatic rings. The number of thioether (sulfide) groups is 2. The topological polar surface area (TPSA) is 33.3 Å². The molecule has 0 radical (unpaired) electrons. The first kappa shape index (κ1) is 18.2. The number of ether oxygens (including phenoxy) is 1. The Morgan fingerprint density at radius 3 is 2.35 bits per heavy atom. The van der Waals surface area contributed by atoms with Crippen LogP contribution in [0, 0.1) is 0 Å². The fourth-order valence-electron chi connectivity index (χ4n) is 2.08. The van der Waals surface area contributed by atoms with Gasteiger partial charge in [-0.25, -0.2) is 0 Å². The van der Waals surface area contributed by atoms with E-state index in [9.17, 15) is 0 Å². The number of hydrogen-bond acceptors (Lipinski definition) is 5. The minimum absolute atomic E-state index is 0. The third kappa shape index (κ3) is 5.76. The second-order valence-corrected chi connectivity index (χ2v) is 6.35. The molecule has 0 saturated carbocycles. The van der Waals surface area contributed by atoms with Crippen LogP contribution in [0.1, 0.15) is 0 Å². The summed E-state index contributed by atoms with van der Waals surface area (Å²) in [7, 11) is 1.81. The summed E-state index contributed by atoms with van der Waals surface area (Å²) >= 11 is 4.14. The summed E-state index contributed by atoms with van der Waals surface area (Å²) in [4.78, 5) is 0. The highest BCUT2D eigenvalue weighted by atomic mass is 35.5. The maximum Gasteiger partial charge on any atom is 0.0860 e. The largest absolute Gasteiger partial charge is 0.378 e. The van der Waals surface area contributed by atoms with Crippen molar-refractivity contribution in [1.29, 1.82) is 0 Å². The van der Waals surface area contributed by atoms with Crippen molar-refractivity contribution in [2.75, 3.05) is 43.2 Å². The second kappa shape index (κ2) is 10.0. The van der Waals surface area contributed by atoms with Crippen molar-refractivity contribution in [2.45, 2.75) is 18.2 Å². The van der Waals surface area contributed by atoms with Crippen molar-refractivity contribution in [3.05, 3.63) is 0 Å². The van der Waals surface area contributed by atoms with Crippen LogP contribution in [0.15, 0.2) is 0 Å². The van der Waals surface area contributed by atoms with Crippen LogP contribution < -0.4 is 10.6 Å². The SMILES string of the molecule is CO[C@H]1CNC[C@@H]1NC1CSCCSC1.Cl.Cl. The van der Waals surface area contributed by atoms with Crippen molar-refractivity contribution >= 4 is 48.3 Å². The smallest absolute Gasteiger partial charge is 0.0860 e. The Kier molecular flexibility index (Phi) is 10.7. The number of hydrogen-bond donors (Lipinski definition) is 2. The minimum Gasteiger partial charge on any atom is -0.378 e. The van der Waals surface area contributed by atoms with Gasteiger partial charge in [0, 0.05) is 55.3 Å². The van der Waals surface area contributed by atoms with Crippen LogP contribution in [-0.2, 0) is 4.74 Å². The molecule has 104 valence electrons. The minimum atomic E-state index is 0. The summed E-state index contributed by atoms with van der Waals surface area (Å²) in [5.74, 6) is 5.11. The normalized spacial score (nSPS) is 30.2. The van der Waals surface area contributed by atoms with Gasteiger partial charge >= 0.3 is 0 Å². The lowest BCUT2D eigenvalue weighted by molar-refractivity contribution is 0.0942. The van der Waals surface area contributed by atoms with Gasteiger partial charge in [-0.05, 0) is 0 Å². The number of halogens is 2. The van der Waals surface area contributed by atoms with Gasteiger partial charge < -0.3 is 15.4 Å². The van der Waals surface area contributed by atoms with Crippen LogP contribution >= 0.6 is 48.3 Å². The van der Waals surface area contributed by atoms with Gasteiger partial charge in [-0.3, -0.25) is 0 Å². The van der Waals surface area contributed by atoms with E-state index >= 15 is 0 Å². The first-order valence-corrected chi connectivity index (χ1v) is 7.86. The predicted octanol–water partition coefficient (Wildman–Crippen LogP) is 1.25. The zero-order valence-electron chi connectivity index (χ0n) is 10.0. The molecule has 2 N–H and O–H groups in total. The molecule has 0 amide bonds. The molecule has 2 rings (SSSR count). The van der Waals surface area contributed by atoms with Crippen LogP contribution in [0.4, 0.5) is 0 Å². The Morgan fingerprint density at radius 1 is 1.12 bits per heavy atom. The van der Waals surface area contributed by atoms with Gasteiger partial charge in [-0.15, -0.1) is 24.8 Å². The quantitative estimate of drug-likeness (QED) is 0.818. The summed E-state index contributed by atoms with van der Waals surface area (Å²) in [6.45, 7) is 2.03. The second-order valence-electron chi connectivity index (χ2n) is 4.05. The first-order chi connectivity index (χ1) is 7.40. The van der Waals surface area contributed by atoms with Crippen molar-refractivity contribution in [2.24, 2.45) is 0 Å². The molecule has 2 fully saturated rings. The molecular formula is C10H22Cl2N2OS2. The Hall–Kier alpha value is 1.16. The van der Waals surface area contributed by atoms with Gasteiger partial charge in [-0.1, -0.05) is 0 Å². The van der Waals surface area contributed by atoms with Crippen LogP contribution in [0.5, 0.6) is 0 Å². The Morgan fingerprint density at radius 2 is 1.76 bits per heavy atom. The van der Waals surface area contributed by atoms with E-state index in [1.54, 1.807) is 0 Å². The van der Waals surface area contributed by atoms with E-state index in [-0.39, 0.29) is 24.8 Å². The fraction of sp³-hybridized carbons (Fsp3) is 1.00. The molecule has 0 unspecified atom stereocenters. The molecule has 0 aliphatic carbocycles. The third-order valence-corrected chi connectivity index (χ3v) is 5.44. The lowest BCUT2D eigenvalue weighted by atomic mass is 10.2. The van der Waals surface area contributed by atoms with Crippen LogP contribution in [0.3, 0.4) is 0 Å². The van der Waals surface area contributed by atoms with E-state index < -0.39 is 0 Å². The summed E-state index contributed by atoms with van der Waals surface area (Å²) in [6, 6.07) is 1.16. The molecule has 0 bridgehead atoms. The average molecular weight is 321 g/mol. The van der Waals surface area contributed by atoms with Crippen molar-refractivity contribution in [1.82, 2.24) is 10.6 Å². The zero-order valence-corrected chi connectivity index (χ0v) is 13.3. The molecule has 2 saturated heterocycles. The van der Waals surface area contributed by atoms with Crippen LogP contribution in [0.2, 0.25) is 0 Å². The van der Waals surface area contributed by atoms with Gasteiger partial charge in [0.05, 0.1) is 6.10 Å². The summed E-state index contributed by atoms with van der Waals surface area (Å²) < 4.78 is 5.46. The molecule has 3 nitrogen and oxygen atoms in total. The molecule has 0 aromatic heterocycles. The van der Waals surface area contributed by atoms with Crippen molar-refractivity contribution in [3.63, 3.8) is 0 Å². The number of methoxy groups -OCH3 is 1. The van der Waals surface area contributed by atoms with E-state index in [4.69, 9.17) is 4.74 Å². The summed E-state index contributed by atoms with van der Waals surface area (Å²) in [5.41, 5.74) is 0. The van der Waals surface area contributed by atoms with Gasteiger partial charge in [0.1, 0.15) is 0 Å². The molecule has 17 heavy (non-hydrogen) atoms. The average Bonchev–Trinajstić information content (AvgIpc) is 2.53. The molecular weight excluding hydrogens is 299 g/mol. The Bertz CT molecular complexity index is 195. The fourth-order valence-corrected chi connectivity index (χ4v) is 4.51. The van der Waals surface area contributed by atoms with Gasteiger partial charge in [0.2, 0.25) is 0 Å². The third-order valence-electron chi connectivity index (χ3n) is 2.92. The Labute approximate surface area is 125 Å². The molecule has 2 atom stereocenters. The van der Waals surface area contributed by atoms with Gasteiger partial charge in [-0.2, -0.15) is 23.5 Å². The van der Waals surface area contributed by atoms with E-state index in [0.29, 0.717) is 18.2 Å². The van der Waals surface area contributed by atoms with Crippen LogP contribution in [0.25, 0.3) is 0 Å². The maximum absolute atomic E-state index is 5.46. The zero-order chi connectivity index (χ0) is 10.5. The Balaban J connectivity index is 0.00000128. The number of rotatable bonds is 3. The summed E-state index contributed by atoms with van der Waals surface area (Å²) in [6.07, 6.45) is 0.350. The van der Waals surface area contributed by atoms with Crippen LogP contribution in [-0.4, -0.2) is 61.4 Å². The molecule has 7 heteroatoms. The molecule has 0 aromatic carbocycles. The van der Waals surface area contributed by atoms with Crippen molar-refractivity contribution in [3.8, 4) is 0 Å². The van der Waals surface area contributed by atoms with E-state index in [1.807, 2.05) is 7.11 Å². The van der Waals surface area contributed by atoms with Gasteiger partial charge in [0.15, 0.2) is 0 Å². The molecule has 2 aliphatic rings. The molecule has 0 spiro atoms. The molecule has 2 heterocycles. The lowest BCUT2D eigenvalue weighted by Gasteiger charge is -2.24. The lowest BCUT2D eigenvalue weighted by Crippen LogP contribution is -2.47. The van der Waals surface area contributed by atoms with Gasteiger partial charge in [0.25, 0.3) is 0 Å². The first-order valence-electron chi connectivity index (χ1n) is 5.55. The van der Waals surface area contributed by atoms with E-state index in [0.717, 1.165) is 13.1 Å². The van der Waals surface area contributed by atoms with E-state index in [1.165, 1.54) is 23.0 Å². The highest BCUT2D eigenvalue weighted by Crippen LogP contribution is 2.17. The van der Waals surface area contributed by atoms with E-state index in [2.05, 4.69) is 34.2 Å². The highest BCUT2D eigenvalue weighted by molar-refractivity contribution is 8.03. The standard InChI is InChI=1S/C10H20N2OS2.2ClH/c1-13-10-5-11-4-9(10)12-8-6-14-2-3-15-7-8;;/h8-12H,2-7H2,1H3;2*1H/t9-,10-;;/m0../s1.